The Kier molecular flexibility index (Phi) is 9.15. The summed E-state index contributed by atoms with van der Waals surface area (Å²) < 4.78 is 16.3. The SMILES string of the molecule is C#CCOc1ccc(CCNC(=O)[C@H](Cc2ccccc2)OCC#C)cc1OC. The van der Waals surface area contributed by atoms with Crippen molar-refractivity contribution in [1.82, 2.24) is 5.32 Å². The van der Waals surface area contributed by atoms with Crippen molar-refractivity contribution in [2.75, 3.05) is 26.9 Å². The average molecular weight is 391 g/mol. The minimum absolute atomic E-state index is 0.0846. The number of terminal acetylenes is 2. The van der Waals surface area contributed by atoms with Crippen molar-refractivity contribution in [2.24, 2.45) is 0 Å². The zero-order valence-corrected chi connectivity index (χ0v) is 16.5. The van der Waals surface area contributed by atoms with E-state index in [1.54, 1.807) is 7.11 Å². The van der Waals surface area contributed by atoms with E-state index in [4.69, 9.17) is 27.1 Å². The second-order valence-corrected chi connectivity index (χ2v) is 6.21. The summed E-state index contributed by atoms with van der Waals surface area (Å²) in [5, 5.41) is 2.92. The molecule has 2 aromatic rings. The highest BCUT2D eigenvalue weighted by Gasteiger charge is 2.19. The number of carbonyl (C=O) groups excluding carboxylic acids is 1. The molecule has 2 rings (SSSR count). The van der Waals surface area contributed by atoms with Gasteiger partial charge in [-0.25, -0.2) is 0 Å². The minimum atomic E-state index is -0.637. The second-order valence-electron chi connectivity index (χ2n) is 6.21. The van der Waals surface area contributed by atoms with Gasteiger partial charge >= 0.3 is 0 Å². The van der Waals surface area contributed by atoms with Crippen LogP contribution in [0.3, 0.4) is 0 Å². The number of nitrogens with one attached hydrogen (secondary N) is 1. The van der Waals surface area contributed by atoms with E-state index < -0.39 is 6.10 Å². The van der Waals surface area contributed by atoms with Crippen LogP contribution in [-0.2, 0) is 22.4 Å². The molecule has 1 amide bonds. The van der Waals surface area contributed by atoms with E-state index in [0.29, 0.717) is 30.9 Å². The van der Waals surface area contributed by atoms with Crippen LogP contribution in [0.15, 0.2) is 48.5 Å². The average Bonchev–Trinajstić information content (AvgIpc) is 2.76. The molecular formula is C24H25NO4. The highest BCUT2D eigenvalue weighted by atomic mass is 16.5. The largest absolute Gasteiger partial charge is 0.493 e. The summed E-state index contributed by atoms with van der Waals surface area (Å²) >= 11 is 0. The molecule has 5 heteroatoms. The van der Waals surface area contributed by atoms with Gasteiger partial charge in [0.2, 0.25) is 5.91 Å². The predicted molar refractivity (Wildman–Crippen MR) is 113 cm³/mol. The molecule has 2 aromatic carbocycles. The summed E-state index contributed by atoms with van der Waals surface area (Å²) in [5.74, 6) is 5.83. The first-order chi connectivity index (χ1) is 14.2. The van der Waals surface area contributed by atoms with Crippen LogP contribution < -0.4 is 14.8 Å². The lowest BCUT2D eigenvalue weighted by molar-refractivity contribution is -0.131. The third kappa shape index (κ3) is 7.25. The van der Waals surface area contributed by atoms with Gasteiger partial charge in [-0.05, 0) is 29.7 Å². The first-order valence-corrected chi connectivity index (χ1v) is 9.27. The molecule has 29 heavy (non-hydrogen) atoms. The first kappa shape index (κ1) is 21.9. The molecule has 5 nitrogen and oxygen atoms in total. The fourth-order valence-corrected chi connectivity index (χ4v) is 2.75. The van der Waals surface area contributed by atoms with Gasteiger partial charge in [0.05, 0.1) is 7.11 Å². The molecule has 0 aliphatic carbocycles. The molecule has 0 spiro atoms. The van der Waals surface area contributed by atoms with Gasteiger partial charge in [-0.2, -0.15) is 0 Å². The van der Waals surface area contributed by atoms with Crippen LogP contribution in [0.1, 0.15) is 11.1 Å². The maximum Gasteiger partial charge on any atom is 0.249 e. The van der Waals surface area contributed by atoms with Crippen LogP contribution in [0.5, 0.6) is 11.5 Å². The smallest absolute Gasteiger partial charge is 0.249 e. The van der Waals surface area contributed by atoms with Crippen molar-refractivity contribution >= 4 is 5.91 Å². The summed E-state index contributed by atoms with van der Waals surface area (Å²) in [7, 11) is 1.57. The minimum Gasteiger partial charge on any atom is -0.493 e. The summed E-state index contributed by atoms with van der Waals surface area (Å²) in [5.41, 5.74) is 2.01. The monoisotopic (exact) mass is 391 g/mol. The third-order valence-electron chi connectivity index (χ3n) is 4.18. The Balaban J connectivity index is 1.92. The second kappa shape index (κ2) is 12.1. The fourth-order valence-electron chi connectivity index (χ4n) is 2.75. The predicted octanol–water partition coefficient (Wildman–Crippen LogP) is 2.63. The van der Waals surface area contributed by atoms with Gasteiger partial charge in [-0.1, -0.05) is 48.2 Å². The molecule has 0 saturated heterocycles. The van der Waals surface area contributed by atoms with Crippen LogP contribution in [0.4, 0.5) is 0 Å². The lowest BCUT2D eigenvalue weighted by Gasteiger charge is -2.17. The number of ether oxygens (including phenoxy) is 3. The fraction of sp³-hybridized carbons (Fsp3) is 0.292. The molecule has 1 N–H and O–H groups in total. The molecule has 0 aliphatic rings. The molecular weight excluding hydrogens is 366 g/mol. The van der Waals surface area contributed by atoms with Gasteiger partial charge in [0.25, 0.3) is 0 Å². The molecule has 0 radical (unpaired) electrons. The first-order valence-electron chi connectivity index (χ1n) is 9.27. The Morgan fingerprint density at radius 2 is 1.79 bits per heavy atom. The summed E-state index contributed by atoms with van der Waals surface area (Å²) in [6, 6.07) is 15.3. The van der Waals surface area contributed by atoms with Crippen LogP contribution in [0, 0.1) is 24.7 Å². The van der Waals surface area contributed by atoms with Crippen LogP contribution >= 0.6 is 0 Å². The van der Waals surface area contributed by atoms with Gasteiger partial charge in [0.15, 0.2) is 11.5 Å². The zero-order chi connectivity index (χ0) is 20.9. The van der Waals surface area contributed by atoms with Crippen molar-refractivity contribution in [3.63, 3.8) is 0 Å². The van der Waals surface area contributed by atoms with Crippen LogP contribution in [-0.4, -0.2) is 38.9 Å². The maximum atomic E-state index is 12.6. The van der Waals surface area contributed by atoms with Crippen LogP contribution in [0.2, 0.25) is 0 Å². The third-order valence-corrected chi connectivity index (χ3v) is 4.18. The van der Waals surface area contributed by atoms with E-state index in [9.17, 15) is 4.79 Å². The van der Waals surface area contributed by atoms with Crippen molar-refractivity contribution in [3.05, 3.63) is 59.7 Å². The Hall–Kier alpha value is -3.41. The van der Waals surface area contributed by atoms with Gasteiger partial charge in [0.1, 0.15) is 19.3 Å². The molecule has 0 heterocycles. The number of carbonyl (C=O) groups is 1. The number of hydrogen-bond donors (Lipinski definition) is 1. The molecule has 0 bridgehead atoms. The number of benzene rings is 2. The highest BCUT2D eigenvalue weighted by Crippen LogP contribution is 2.28. The molecule has 150 valence electrons. The Labute approximate surface area is 172 Å². The van der Waals surface area contributed by atoms with Crippen molar-refractivity contribution < 1.29 is 19.0 Å². The van der Waals surface area contributed by atoms with Gasteiger partial charge < -0.3 is 19.5 Å². The molecule has 0 fully saturated rings. The Morgan fingerprint density at radius 1 is 1.03 bits per heavy atom. The van der Waals surface area contributed by atoms with Gasteiger partial charge in [-0.15, -0.1) is 12.8 Å². The molecule has 1 atom stereocenters. The van der Waals surface area contributed by atoms with Crippen molar-refractivity contribution in [3.8, 4) is 36.2 Å². The maximum absolute atomic E-state index is 12.6. The zero-order valence-electron chi connectivity index (χ0n) is 16.5. The standard InChI is InChI=1S/C24H25NO4/c1-4-15-28-21-12-11-20(17-22(21)27-3)13-14-25-24(26)23(29-16-5-2)18-19-9-7-6-8-10-19/h1-2,6-12,17,23H,13-16,18H2,3H3,(H,25,26)/t23-/m0/s1. The summed E-state index contributed by atoms with van der Waals surface area (Å²) in [6.07, 6.45) is 10.9. The number of rotatable bonds is 11. The molecule has 0 aliphatic heterocycles. The Bertz CT molecular complexity index is 865. The van der Waals surface area contributed by atoms with E-state index in [1.807, 2.05) is 48.5 Å². The van der Waals surface area contributed by atoms with E-state index in [2.05, 4.69) is 17.2 Å². The van der Waals surface area contributed by atoms with Crippen molar-refractivity contribution in [2.45, 2.75) is 18.9 Å². The van der Waals surface area contributed by atoms with E-state index >= 15 is 0 Å². The quantitative estimate of drug-likeness (QED) is 0.599. The lowest BCUT2D eigenvalue weighted by Crippen LogP contribution is -2.39. The normalized spacial score (nSPS) is 11.0. The van der Waals surface area contributed by atoms with Crippen molar-refractivity contribution in [1.29, 1.82) is 0 Å². The Morgan fingerprint density at radius 3 is 2.48 bits per heavy atom. The summed E-state index contributed by atoms with van der Waals surface area (Å²) in [6.45, 7) is 0.713. The molecule has 0 saturated carbocycles. The highest BCUT2D eigenvalue weighted by molar-refractivity contribution is 5.81. The molecule has 0 aromatic heterocycles. The topological polar surface area (TPSA) is 56.8 Å². The van der Waals surface area contributed by atoms with Crippen LogP contribution in [0.25, 0.3) is 0 Å². The van der Waals surface area contributed by atoms with E-state index in [1.165, 1.54) is 0 Å². The number of amides is 1. The summed E-state index contributed by atoms with van der Waals surface area (Å²) in [4.78, 5) is 12.6. The van der Waals surface area contributed by atoms with E-state index in [-0.39, 0.29) is 19.1 Å². The molecule has 0 unspecified atom stereocenters. The lowest BCUT2D eigenvalue weighted by atomic mass is 10.1. The number of hydrogen-bond acceptors (Lipinski definition) is 4. The number of methoxy groups -OCH3 is 1. The van der Waals surface area contributed by atoms with Gasteiger partial charge in [-0.3, -0.25) is 4.79 Å². The van der Waals surface area contributed by atoms with E-state index in [0.717, 1.165) is 11.1 Å². The van der Waals surface area contributed by atoms with Gasteiger partial charge in [0, 0.05) is 13.0 Å².